The lowest BCUT2D eigenvalue weighted by Crippen LogP contribution is -2.15. The number of hydrogen-bond donors (Lipinski definition) is 2. The molecule has 0 fully saturated rings. The van der Waals surface area contributed by atoms with Crippen LogP contribution in [0, 0.1) is 0 Å². The molecular formula is C23H17NO4. The molecule has 0 radical (unpaired) electrons. The van der Waals surface area contributed by atoms with E-state index in [1.54, 1.807) is 6.07 Å². The second-order valence-corrected chi connectivity index (χ2v) is 6.43. The maximum Gasteiger partial charge on any atom is 0.335 e. The molecule has 138 valence electrons. The van der Waals surface area contributed by atoms with Gasteiger partial charge >= 0.3 is 5.97 Å². The van der Waals surface area contributed by atoms with Crippen LogP contribution >= 0.6 is 0 Å². The Morgan fingerprint density at radius 2 is 1.68 bits per heavy atom. The van der Waals surface area contributed by atoms with Crippen LogP contribution in [0.3, 0.4) is 0 Å². The third kappa shape index (κ3) is 2.74. The summed E-state index contributed by atoms with van der Waals surface area (Å²) in [4.78, 5) is 24.3. The third-order valence-electron chi connectivity index (χ3n) is 4.85. The summed E-state index contributed by atoms with van der Waals surface area (Å²) in [5.74, 6) is -1.05. The summed E-state index contributed by atoms with van der Waals surface area (Å²) in [6.45, 7) is 4.18. The molecular weight excluding hydrogens is 354 g/mol. The Kier molecular flexibility index (Phi) is 4.20. The smallest absolute Gasteiger partial charge is 0.335 e. The molecule has 1 aliphatic carbocycles. The van der Waals surface area contributed by atoms with Crippen molar-refractivity contribution in [3.63, 3.8) is 0 Å². The second-order valence-electron chi connectivity index (χ2n) is 6.43. The Bertz CT molecular complexity index is 1150. The molecule has 5 heteroatoms. The number of methoxy groups -OCH3 is 1. The topological polar surface area (TPSA) is 75.6 Å². The van der Waals surface area contributed by atoms with Crippen molar-refractivity contribution in [1.29, 1.82) is 0 Å². The average Bonchev–Trinajstić information content (AvgIpc) is 3.00. The van der Waals surface area contributed by atoms with Crippen molar-refractivity contribution in [2.24, 2.45) is 0 Å². The van der Waals surface area contributed by atoms with E-state index in [0.717, 1.165) is 27.8 Å². The summed E-state index contributed by atoms with van der Waals surface area (Å²) in [6.07, 6.45) is 0. The summed E-state index contributed by atoms with van der Waals surface area (Å²) < 4.78 is 5.26. The largest absolute Gasteiger partial charge is 0.495 e. The van der Waals surface area contributed by atoms with Gasteiger partial charge < -0.3 is 15.2 Å². The van der Waals surface area contributed by atoms with Crippen molar-refractivity contribution in [3.05, 3.63) is 89.5 Å². The van der Waals surface area contributed by atoms with Gasteiger partial charge in [-0.15, -0.1) is 0 Å². The Morgan fingerprint density at radius 3 is 2.39 bits per heavy atom. The van der Waals surface area contributed by atoms with E-state index in [4.69, 9.17) is 4.74 Å². The van der Waals surface area contributed by atoms with Crippen molar-refractivity contribution < 1.29 is 19.4 Å². The third-order valence-corrected chi connectivity index (χ3v) is 4.85. The number of carbonyl (C=O) groups excluding carboxylic acids is 1. The minimum atomic E-state index is -1.08. The first kappa shape index (κ1) is 17.5. The van der Waals surface area contributed by atoms with Crippen molar-refractivity contribution >= 4 is 23.1 Å². The predicted octanol–water partition coefficient (Wildman–Crippen LogP) is 4.69. The van der Waals surface area contributed by atoms with E-state index < -0.39 is 5.97 Å². The maximum atomic E-state index is 13.1. The zero-order valence-corrected chi connectivity index (χ0v) is 15.2. The van der Waals surface area contributed by atoms with Crippen LogP contribution in [0.25, 0.3) is 16.7 Å². The fourth-order valence-corrected chi connectivity index (χ4v) is 3.54. The zero-order valence-electron chi connectivity index (χ0n) is 15.2. The maximum absolute atomic E-state index is 13.1. The van der Waals surface area contributed by atoms with Crippen LogP contribution in [0.15, 0.2) is 67.2 Å². The summed E-state index contributed by atoms with van der Waals surface area (Å²) >= 11 is 0. The number of nitrogens with one attached hydrogen (secondary N) is 1. The van der Waals surface area contributed by atoms with E-state index in [1.165, 1.54) is 25.3 Å². The van der Waals surface area contributed by atoms with Gasteiger partial charge in [-0.2, -0.15) is 0 Å². The van der Waals surface area contributed by atoms with Crippen molar-refractivity contribution in [1.82, 2.24) is 0 Å². The number of fused-ring (bicyclic) bond motifs is 3. The van der Waals surface area contributed by atoms with Crippen LogP contribution in [-0.2, 0) is 0 Å². The number of anilines is 1. The van der Waals surface area contributed by atoms with Crippen molar-refractivity contribution in [2.45, 2.75) is 0 Å². The number of carboxylic acids is 1. The quantitative estimate of drug-likeness (QED) is 0.546. The highest BCUT2D eigenvalue weighted by atomic mass is 16.5. The van der Waals surface area contributed by atoms with Crippen LogP contribution in [0.5, 0.6) is 5.75 Å². The Morgan fingerprint density at radius 1 is 0.964 bits per heavy atom. The zero-order chi connectivity index (χ0) is 19.8. The number of carboxylic acid groups (broad SMARTS) is 1. The fraction of sp³-hybridized carbons (Fsp3) is 0.0435. The van der Waals surface area contributed by atoms with Crippen molar-refractivity contribution in [3.8, 4) is 16.9 Å². The molecule has 5 nitrogen and oxygen atoms in total. The van der Waals surface area contributed by atoms with Crippen LogP contribution in [-0.4, -0.2) is 24.1 Å². The SMILES string of the molecule is C=C1c2ccccc2-c2cccc(C(=O)Nc3cc(C(=O)O)ccc3OC)c21. The van der Waals surface area contributed by atoms with Crippen LogP contribution < -0.4 is 10.1 Å². The average molecular weight is 371 g/mol. The van der Waals surface area contributed by atoms with E-state index in [1.807, 2.05) is 36.4 Å². The lowest BCUT2D eigenvalue weighted by molar-refractivity contribution is 0.0696. The highest BCUT2D eigenvalue weighted by Crippen LogP contribution is 2.44. The van der Waals surface area contributed by atoms with Crippen molar-refractivity contribution in [2.75, 3.05) is 12.4 Å². The van der Waals surface area contributed by atoms with Gasteiger partial charge in [0.15, 0.2) is 0 Å². The number of benzene rings is 3. The number of ether oxygens (including phenoxy) is 1. The van der Waals surface area contributed by atoms with E-state index >= 15 is 0 Å². The number of rotatable bonds is 4. The van der Waals surface area contributed by atoms with Crippen LogP contribution in [0.2, 0.25) is 0 Å². The molecule has 0 spiro atoms. The molecule has 3 aromatic rings. The molecule has 0 heterocycles. The molecule has 4 rings (SSSR count). The molecule has 0 bridgehead atoms. The van der Waals surface area contributed by atoms with Gasteiger partial charge in [-0.1, -0.05) is 43.0 Å². The van der Waals surface area contributed by atoms with Gasteiger partial charge in [-0.25, -0.2) is 4.79 Å². The Labute approximate surface area is 161 Å². The number of aromatic carboxylic acids is 1. The monoisotopic (exact) mass is 371 g/mol. The molecule has 0 saturated heterocycles. The molecule has 3 aromatic carbocycles. The summed E-state index contributed by atoms with van der Waals surface area (Å²) in [5.41, 5.74) is 5.42. The lowest BCUT2D eigenvalue weighted by Gasteiger charge is -2.13. The van der Waals surface area contributed by atoms with E-state index in [2.05, 4.69) is 11.9 Å². The fourth-order valence-electron chi connectivity index (χ4n) is 3.54. The molecule has 28 heavy (non-hydrogen) atoms. The summed E-state index contributed by atoms with van der Waals surface area (Å²) in [6, 6.07) is 17.7. The lowest BCUT2D eigenvalue weighted by atomic mass is 9.98. The molecule has 1 amide bonds. The Balaban J connectivity index is 1.75. The Hall–Kier alpha value is -3.86. The molecule has 0 aliphatic heterocycles. The van der Waals surface area contributed by atoms with E-state index in [-0.39, 0.29) is 11.5 Å². The second kappa shape index (κ2) is 6.70. The molecule has 0 saturated carbocycles. The highest BCUT2D eigenvalue weighted by Gasteiger charge is 2.27. The number of amides is 1. The normalized spacial score (nSPS) is 11.5. The molecule has 0 aromatic heterocycles. The van der Waals surface area contributed by atoms with Gasteiger partial charge in [-0.05, 0) is 46.5 Å². The van der Waals surface area contributed by atoms with E-state index in [0.29, 0.717) is 17.0 Å². The minimum absolute atomic E-state index is 0.0613. The molecule has 2 N–H and O–H groups in total. The van der Waals surface area contributed by atoms with E-state index in [9.17, 15) is 14.7 Å². The van der Waals surface area contributed by atoms with Gasteiger partial charge in [0.25, 0.3) is 5.91 Å². The predicted molar refractivity (Wildman–Crippen MR) is 108 cm³/mol. The first-order valence-electron chi connectivity index (χ1n) is 8.66. The van der Waals surface area contributed by atoms with Crippen LogP contribution in [0.1, 0.15) is 31.8 Å². The van der Waals surface area contributed by atoms with Gasteiger partial charge in [0.05, 0.1) is 18.4 Å². The molecule has 1 aliphatic rings. The highest BCUT2D eigenvalue weighted by molar-refractivity contribution is 6.14. The standard InChI is InChI=1S/C23H17NO4/c1-13-15-6-3-4-7-16(15)17-8-5-9-18(21(13)17)22(25)24-19-12-14(23(26)27)10-11-20(19)28-2/h3-12H,1H2,2H3,(H,24,25)(H,26,27). The first-order valence-corrected chi connectivity index (χ1v) is 8.66. The number of carbonyl (C=O) groups is 2. The first-order chi connectivity index (χ1) is 13.5. The minimum Gasteiger partial charge on any atom is -0.495 e. The molecule has 0 unspecified atom stereocenters. The van der Waals surface area contributed by atoms with Gasteiger partial charge in [0, 0.05) is 11.1 Å². The molecule has 0 atom stereocenters. The van der Waals surface area contributed by atoms with Crippen LogP contribution in [0.4, 0.5) is 5.69 Å². The van der Waals surface area contributed by atoms with Gasteiger partial charge in [-0.3, -0.25) is 4.79 Å². The summed E-state index contributed by atoms with van der Waals surface area (Å²) in [5, 5.41) is 12.0. The van der Waals surface area contributed by atoms with Gasteiger partial charge in [0.2, 0.25) is 0 Å². The number of hydrogen-bond acceptors (Lipinski definition) is 3. The summed E-state index contributed by atoms with van der Waals surface area (Å²) in [7, 11) is 1.46. The van der Waals surface area contributed by atoms with Gasteiger partial charge in [0.1, 0.15) is 5.75 Å².